The normalized spacial score (nSPS) is 20.4. The van der Waals surface area contributed by atoms with Gasteiger partial charge in [0, 0.05) is 39.3 Å². The molecule has 2 amide bonds. The van der Waals surface area contributed by atoms with Crippen LogP contribution in [0.25, 0.3) is 11.1 Å². The van der Waals surface area contributed by atoms with E-state index in [-0.39, 0.29) is 24.2 Å². The van der Waals surface area contributed by atoms with E-state index in [4.69, 9.17) is 34.8 Å². The Kier molecular flexibility index (Phi) is 7.62. The van der Waals surface area contributed by atoms with Gasteiger partial charge in [0.25, 0.3) is 0 Å². The molecule has 2 aromatic carbocycles. The number of rotatable bonds is 5. The number of carbonyl (C=O) groups is 1. The van der Waals surface area contributed by atoms with Crippen LogP contribution in [0.5, 0.6) is 0 Å². The minimum atomic E-state index is -0.311. The minimum Gasteiger partial charge on any atom is -0.335 e. The van der Waals surface area contributed by atoms with E-state index >= 15 is 0 Å². The minimum absolute atomic E-state index is 0.00819. The fraction of sp³-hybridized carbons (Fsp3) is 0.435. The van der Waals surface area contributed by atoms with Crippen molar-refractivity contribution in [2.24, 2.45) is 0 Å². The van der Waals surface area contributed by atoms with Crippen LogP contribution in [-0.4, -0.2) is 24.7 Å². The maximum atomic E-state index is 12.9. The average Bonchev–Trinajstić information content (AvgIpc) is 3.29. The Bertz CT molecular complexity index is 910. The predicted molar refractivity (Wildman–Crippen MR) is 128 cm³/mol. The zero-order valence-electron chi connectivity index (χ0n) is 17.2. The van der Waals surface area contributed by atoms with Crippen molar-refractivity contribution in [3.8, 4) is 11.1 Å². The van der Waals surface area contributed by atoms with Crippen molar-refractivity contribution >= 4 is 40.8 Å². The Hall–Kier alpha value is -1.50. The van der Waals surface area contributed by atoms with Crippen molar-refractivity contribution < 1.29 is 4.79 Å². The molecule has 31 heavy (non-hydrogen) atoms. The van der Waals surface area contributed by atoms with Gasteiger partial charge >= 0.3 is 6.03 Å². The van der Waals surface area contributed by atoms with Crippen molar-refractivity contribution in [3.05, 3.63) is 57.0 Å². The van der Waals surface area contributed by atoms with Gasteiger partial charge in [0.05, 0.1) is 6.04 Å². The summed E-state index contributed by atoms with van der Waals surface area (Å²) in [4.78, 5) is 12.9. The highest BCUT2D eigenvalue weighted by atomic mass is 35.5. The summed E-state index contributed by atoms with van der Waals surface area (Å²) < 4.78 is 0. The lowest BCUT2D eigenvalue weighted by atomic mass is 9.94. The van der Waals surface area contributed by atoms with Crippen molar-refractivity contribution in [2.75, 3.05) is 6.54 Å². The number of benzene rings is 2. The van der Waals surface area contributed by atoms with Crippen LogP contribution in [0.15, 0.2) is 36.4 Å². The Labute approximate surface area is 198 Å². The number of amides is 2. The summed E-state index contributed by atoms with van der Waals surface area (Å²) in [5.41, 5.74) is 9.05. The summed E-state index contributed by atoms with van der Waals surface area (Å²) in [6, 6.07) is 11.0. The molecule has 1 saturated heterocycles. The molecular weight excluding hydrogens is 455 g/mol. The zero-order valence-corrected chi connectivity index (χ0v) is 19.5. The first-order valence-corrected chi connectivity index (χ1v) is 11.9. The lowest BCUT2D eigenvalue weighted by Crippen LogP contribution is -2.49. The topological polar surface area (TPSA) is 65.2 Å². The fourth-order valence-corrected chi connectivity index (χ4v) is 5.15. The fourth-order valence-electron chi connectivity index (χ4n) is 4.42. The third kappa shape index (κ3) is 5.65. The van der Waals surface area contributed by atoms with E-state index in [9.17, 15) is 4.79 Å². The molecule has 166 valence electrons. The molecule has 1 saturated carbocycles. The molecule has 4 rings (SSSR count). The van der Waals surface area contributed by atoms with E-state index in [1.54, 1.807) is 6.07 Å². The van der Waals surface area contributed by atoms with E-state index in [2.05, 4.69) is 21.5 Å². The standard InChI is InChI=1S/C23H27Cl3N4O/c24-15-8-6-14(7-9-15)17-12-18(20(26)13-19(17)25)22(21-10-11-27-30-21)29-23(31)28-16-4-2-1-3-5-16/h6-9,12-13,16,21-22,27,30H,1-5,10-11H2,(H2,28,29,31). The molecule has 5 nitrogen and oxygen atoms in total. The second-order valence-corrected chi connectivity index (χ2v) is 9.51. The highest BCUT2D eigenvalue weighted by molar-refractivity contribution is 6.37. The van der Waals surface area contributed by atoms with Crippen molar-refractivity contribution in [1.82, 2.24) is 21.5 Å². The summed E-state index contributed by atoms with van der Waals surface area (Å²) in [6.07, 6.45) is 6.50. The van der Waals surface area contributed by atoms with Gasteiger partial charge in [0.2, 0.25) is 0 Å². The number of nitrogens with one attached hydrogen (secondary N) is 4. The molecule has 2 unspecified atom stereocenters. The first kappa shape index (κ1) is 22.7. The van der Waals surface area contributed by atoms with Crippen molar-refractivity contribution in [1.29, 1.82) is 0 Å². The Morgan fingerprint density at radius 1 is 0.968 bits per heavy atom. The molecule has 0 bridgehead atoms. The number of hydrogen-bond donors (Lipinski definition) is 4. The van der Waals surface area contributed by atoms with Crippen LogP contribution in [0.1, 0.15) is 50.1 Å². The van der Waals surface area contributed by atoms with Crippen LogP contribution in [0.4, 0.5) is 4.79 Å². The number of hydrogen-bond acceptors (Lipinski definition) is 3. The number of carbonyl (C=O) groups excluding carboxylic acids is 1. The van der Waals surface area contributed by atoms with Crippen LogP contribution in [0.3, 0.4) is 0 Å². The second-order valence-electron chi connectivity index (χ2n) is 8.26. The molecule has 0 radical (unpaired) electrons. The Balaban J connectivity index is 1.62. The van der Waals surface area contributed by atoms with Crippen LogP contribution >= 0.6 is 34.8 Å². The number of halogens is 3. The predicted octanol–water partition coefficient (Wildman–Crippen LogP) is 5.85. The SMILES string of the molecule is O=C(NC1CCCCC1)NC(c1cc(-c2ccc(Cl)cc2)c(Cl)cc1Cl)C1CCNN1. The molecule has 0 spiro atoms. The molecule has 8 heteroatoms. The first-order chi connectivity index (χ1) is 15.0. The molecule has 1 heterocycles. The van der Waals surface area contributed by atoms with Gasteiger partial charge in [-0.3, -0.25) is 10.9 Å². The zero-order chi connectivity index (χ0) is 21.8. The maximum Gasteiger partial charge on any atom is 0.315 e. The molecule has 2 aliphatic rings. The van der Waals surface area contributed by atoms with E-state index in [1.807, 2.05) is 30.3 Å². The van der Waals surface area contributed by atoms with Crippen LogP contribution in [0, 0.1) is 0 Å². The third-order valence-corrected chi connectivity index (χ3v) is 6.97. The van der Waals surface area contributed by atoms with E-state index in [0.717, 1.165) is 55.3 Å². The van der Waals surface area contributed by atoms with Gasteiger partial charge < -0.3 is 10.6 Å². The van der Waals surface area contributed by atoms with Gasteiger partial charge in [0.1, 0.15) is 0 Å². The quantitative estimate of drug-likeness (QED) is 0.433. The Morgan fingerprint density at radius 2 is 1.71 bits per heavy atom. The molecule has 1 aliphatic carbocycles. The summed E-state index contributed by atoms with van der Waals surface area (Å²) in [5.74, 6) is 0. The van der Waals surface area contributed by atoms with Crippen LogP contribution in [0.2, 0.25) is 15.1 Å². The Morgan fingerprint density at radius 3 is 2.39 bits per heavy atom. The maximum absolute atomic E-state index is 12.9. The lowest BCUT2D eigenvalue weighted by molar-refractivity contribution is 0.225. The van der Waals surface area contributed by atoms with Gasteiger partial charge in [-0.25, -0.2) is 4.79 Å². The molecule has 0 aromatic heterocycles. The molecule has 1 aliphatic heterocycles. The van der Waals surface area contributed by atoms with Gasteiger partial charge in [-0.2, -0.15) is 0 Å². The van der Waals surface area contributed by atoms with E-state index < -0.39 is 0 Å². The molecule has 2 fully saturated rings. The van der Waals surface area contributed by atoms with Crippen molar-refractivity contribution in [3.63, 3.8) is 0 Å². The average molecular weight is 482 g/mol. The third-order valence-electron chi connectivity index (χ3n) is 6.07. The molecule has 4 N–H and O–H groups in total. The highest BCUT2D eigenvalue weighted by Crippen LogP contribution is 2.37. The first-order valence-electron chi connectivity index (χ1n) is 10.8. The highest BCUT2D eigenvalue weighted by Gasteiger charge is 2.30. The van der Waals surface area contributed by atoms with Crippen molar-refractivity contribution in [2.45, 2.75) is 56.7 Å². The van der Waals surface area contributed by atoms with Gasteiger partial charge in [-0.15, -0.1) is 0 Å². The number of hydrazine groups is 1. The van der Waals surface area contributed by atoms with E-state index in [0.29, 0.717) is 15.1 Å². The molecule has 2 aromatic rings. The molecule has 2 atom stereocenters. The summed E-state index contributed by atoms with van der Waals surface area (Å²) in [7, 11) is 0. The smallest absolute Gasteiger partial charge is 0.315 e. The summed E-state index contributed by atoms with van der Waals surface area (Å²) in [5, 5.41) is 8.06. The van der Waals surface area contributed by atoms with E-state index in [1.165, 1.54) is 6.42 Å². The van der Waals surface area contributed by atoms with Gasteiger partial charge in [0.15, 0.2) is 0 Å². The second kappa shape index (κ2) is 10.4. The summed E-state index contributed by atoms with van der Waals surface area (Å²) >= 11 is 19.2. The van der Waals surface area contributed by atoms with Gasteiger partial charge in [-0.05, 0) is 54.7 Å². The van der Waals surface area contributed by atoms with Crippen LogP contribution < -0.4 is 21.5 Å². The van der Waals surface area contributed by atoms with Crippen LogP contribution in [-0.2, 0) is 0 Å². The monoisotopic (exact) mass is 480 g/mol. The lowest BCUT2D eigenvalue weighted by Gasteiger charge is -2.29. The number of urea groups is 1. The largest absolute Gasteiger partial charge is 0.335 e. The molecular formula is C23H27Cl3N4O. The summed E-state index contributed by atoms with van der Waals surface area (Å²) in [6.45, 7) is 0.822. The van der Waals surface area contributed by atoms with Gasteiger partial charge in [-0.1, -0.05) is 66.2 Å².